The van der Waals surface area contributed by atoms with Gasteiger partial charge >= 0.3 is 7.82 Å². The number of rotatable bonds is 5. The predicted octanol–water partition coefficient (Wildman–Crippen LogP) is 7.27. The summed E-state index contributed by atoms with van der Waals surface area (Å²) in [4.78, 5) is 0. The van der Waals surface area contributed by atoms with E-state index in [1.807, 2.05) is 12.1 Å². The molecule has 31 heavy (non-hydrogen) atoms. The largest absolute Gasteiger partial charge is 0.475 e. The lowest BCUT2D eigenvalue weighted by atomic mass is 9.63. The van der Waals surface area contributed by atoms with Crippen LogP contribution in [0.15, 0.2) is 42.5 Å². The highest BCUT2D eigenvalue weighted by Crippen LogP contribution is 2.53. The van der Waals surface area contributed by atoms with Gasteiger partial charge in [-0.1, -0.05) is 76.2 Å². The molecule has 1 heterocycles. The lowest BCUT2D eigenvalue weighted by Crippen LogP contribution is -2.33. The molecule has 4 rings (SSSR count). The van der Waals surface area contributed by atoms with Crippen molar-refractivity contribution in [2.24, 2.45) is 0 Å². The fourth-order valence-electron chi connectivity index (χ4n) is 4.44. The Morgan fingerprint density at radius 2 is 1.58 bits per heavy atom. The van der Waals surface area contributed by atoms with Crippen LogP contribution in [0.5, 0.6) is 0 Å². The van der Waals surface area contributed by atoms with E-state index in [9.17, 15) is 4.57 Å². The second kappa shape index (κ2) is 8.33. The fraction of sp³-hybridized carbons (Fsp3) is 0.462. The van der Waals surface area contributed by atoms with Gasteiger partial charge in [0.05, 0.1) is 19.8 Å². The van der Waals surface area contributed by atoms with Gasteiger partial charge in [-0.3, -0.25) is 13.6 Å². The minimum Gasteiger partial charge on any atom is -0.284 e. The maximum Gasteiger partial charge on any atom is 0.475 e. The van der Waals surface area contributed by atoms with Gasteiger partial charge in [-0.2, -0.15) is 0 Å². The Morgan fingerprint density at radius 3 is 2.23 bits per heavy atom. The first-order valence-corrected chi connectivity index (χ1v) is 12.5. The van der Waals surface area contributed by atoms with Crippen molar-refractivity contribution in [1.29, 1.82) is 0 Å². The summed E-state index contributed by atoms with van der Waals surface area (Å²) in [6.07, 6.45) is 4.65. The molecular formula is C26H33O4P. The van der Waals surface area contributed by atoms with Gasteiger partial charge < -0.3 is 0 Å². The van der Waals surface area contributed by atoms with Crippen LogP contribution in [0.4, 0.5) is 0 Å². The van der Waals surface area contributed by atoms with Crippen molar-refractivity contribution in [3.05, 3.63) is 70.3 Å². The van der Waals surface area contributed by atoms with Gasteiger partial charge in [0.2, 0.25) is 0 Å². The van der Waals surface area contributed by atoms with E-state index in [1.54, 1.807) is 0 Å². The van der Waals surface area contributed by atoms with Crippen LogP contribution in [-0.4, -0.2) is 13.2 Å². The zero-order valence-electron chi connectivity index (χ0n) is 19.2. The van der Waals surface area contributed by atoms with E-state index in [1.165, 1.54) is 35.1 Å². The summed E-state index contributed by atoms with van der Waals surface area (Å²) in [5.74, 6) is 0. The van der Waals surface area contributed by atoms with Gasteiger partial charge in [0, 0.05) is 0 Å². The monoisotopic (exact) mass is 440 g/mol. The van der Waals surface area contributed by atoms with E-state index in [0.29, 0.717) is 13.2 Å². The molecule has 166 valence electrons. The molecule has 0 radical (unpaired) electrons. The van der Waals surface area contributed by atoms with E-state index in [-0.39, 0.29) is 17.4 Å². The molecule has 2 aromatic carbocycles. The number of benzene rings is 2. The Labute approximate surface area is 186 Å². The molecule has 0 unspecified atom stereocenters. The maximum atomic E-state index is 12.1. The summed E-state index contributed by atoms with van der Waals surface area (Å²) in [5.41, 5.74) is 7.97. The van der Waals surface area contributed by atoms with Crippen LogP contribution >= 0.6 is 7.82 Å². The summed E-state index contributed by atoms with van der Waals surface area (Å²) in [6, 6.07) is 15.1. The van der Waals surface area contributed by atoms with Crippen LogP contribution in [0.2, 0.25) is 0 Å². The minimum atomic E-state index is -3.35. The topological polar surface area (TPSA) is 44.8 Å². The Hall–Kier alpha value is -1.71. The summed E-state index contributed by atoms with van der Waals surface area (Å²) in [7, 11) is -3.35. The molecule has 0 saturated carbocycles. The third-order valence-electron chi connectivity index (χ3n) is 6.64. The average molecular weight is 441 g/mol. The molecule has 5 heteroatoms. The molecule has 2 aliphatic rings. The smallest absolute Gasteiger partial charge is 0.284 e. The Balaban J connectivity index is 1.51. The van der Waals surface area contributed by atoms with Crippen molar-refractivity contribution in [1.82, 2.24) is 0 Å². The van der Waals surface area contributed by atoms with Crippen LogP contribution in [-0.2, 0) is 35.6 Å². The van der Waals surface area contributed by atoms with Crippen molar-refractivity contribution in [2.75, 3.05) is 13.2 Å². The normalized spacial score (nSPS) is 21.6. The SMILES string of the molecule is CC(=Cc1ccc(COP2(=O)OCCO2)cc1)c1ccc2c(c1)C(C)(C)CCC2(C)C. The molecular weight excluding hydrogens is 407 g/mol. The predicted molar refractivity (Wildman–Crippen MR) is 126 cm³/mol. The Kier molecular flexibility index (Phi) is 6.04. The highest BCUT2D eigenvalue weighted by atomic mass is 31.2. The zero-order valence-corrected chi connectivity index (χ0v) is 20.1. The lowest BCUT2D eigenvalue weighted by Gasteiger charge is -2.42. The van der Waals surface area contributed by atoms with E-state index in [0.717, 1.165) is 11.1 Å². The number of allylic oxidation sites excluding steroid dienone is 1. The van der Waals surface area contributed by atoms with Crippen molar-refractivity contribution in [2.45, 2.75) is 64.9 Å². The number of hydrogen-bond donors (Lipinski definition) is 0. The number of hydrogen-bond acceptors (Lipinski definition) is 4. The third kappa shape index (κ3) is 4.88. The molecule has 4 nitrogen and oxygen atoms in total. The molecule has 0 aromatic heterocycles. The summed E-state index contributed by atoms with van der Waals surface area (Å²) >= 11 is 0. The first kappa shape index (κ1) is 22.5. The van der Waals surface area contributed by atoms with Crippen molar-refractivity contribution in [3.8, 4) is 0 Å². The third-order valence-corrected chi connectivity index (χ3v) is 8.09. The maximum absolute atomic E-state index is 12.1. The van der Waals surface area contributed by atoms with Crippen molar-refractivity contribution in [3.63, 3.8) is 0 Å². The zero-order chi connectivity index (χ0) is 22.3. The first-order valence-electron chi connectivity index (χ1n) is 11.0. The van der Waals surface area contributed by atoms with Gasteiger partial charge in [0.25, 0.3) is 0 Å². The second-order valence-electron chi connectivity index (χ2n) is 9.98. The summed E-state index contributed by atoms with van der Waals surface area (Å²) in [5, 5.41) is 0. The molecule has 0 bridgehead atoms. The number of phosphoric ester groups is 1. The highest BCUT2D eigenvalue weighted by Gasteiger charge is 2.37. The van der Waals surface area contributed by atoms with Crippen LogP contribution in [0.1, 0.15) is 75.3 Å². The summed E-state index contributed by atoms with van der Waals surface area (Å²) < 4.78 is 27.5. The van der Waals surface area contributed by atoms with E-state index in [4.69, 9.17) is 13.6 Å². The molecule has 0 atom stereocenters. The molecule has 0 amide bonds. The molecule has 1 aliphatic heterocycles. The standard InChI is InChI=1S/C26H33O4P/c1-19(22-10-11-23-24(17-22)26(4,5)13-12-25(23,2)3)16-20-6-8-21(9-7-20)18-30-31(27)28-14-15-29-31/h6-11,16-17H,12-15,18H2,1-5H3. The fourth-order valence-corrected chi connectivity index (χ4v) is 5.57. The van der Waals surface area contributed by atoms with Gasteiger partial charge in [-0.15, -0.1) is 0 Å². The van der Waals surface area contributed by atoms with Gasteiger partial charge in [0.15, 0.2) is 0 Å². The molecule has 1 saturated heterocycles. The van der Waals surface area contributed by atoms with E-state index in [2.05, 4.69) is 71.0 Å². The number of fused-ring (bicyclic) bond motifs is 1. The van der Waals surface area contributed by atoms with E-state index < -0.39 is 7.82 Å². The Bertz CT molecular complexity index is 1020. The molecule has 1 fully saturated rings. The molecule has 1 aliphatic carbocycles. The van der Waals surface area contributed by atoms with Gasteiger partial charge in [-0.25, -0.2) is 4.57 Å². The number of phosphoric acid groups is 1. The van der Waals surface area contributed by atoms with Gasteiger partial charge in [0.1, 0.15) is 0 Å². The lowest BCUT2D eigenvalue weighted by molar-refractivity contribution is 0.183. The molecule has 2 aromatic rings. The average Bonchev–Trinajstić information content (AvgIpc) is 3.17. The quantitative estimate of drug-likeness (QED) is 0.362. The van der Waals surface area contributed by atoms with E-state index >= 15 is 0 Å². The Morgan fingerprint density at radius 1 is 0.968 bits per heavy atom. The first-order chi connectivity index (χ1) is 14.6. The van der Waals surface area contributed by atoms with Gasteiger partial charge in [-0.05, 0) is 64.0 Å². The van der Waals surface area contributed by atoms with Crippen molar-refractivity contribution >= 4 is 19.5 Å². The van der Waals surface area contributed by atoms with Crippen molar-refractivity contribution < 1.29 is 18.1 Å². The van der Waals surface area contributed by atoms with Crippen LogP contribution in [0, 0.1) is 0 Å². The van der Waals surface area contributed by atoms with Crippen LogP contribution < -0.4 is 0 Å². The molecule has 0 N–H and O–H groups in total. The second-order valence-corrected chi connectivity index (χ2v) is 11.7. The summed E-state index contributed by atoms with van der Waals surface area (Å²) in [6.45, 7) is 12.4. The minimum absolute atomic E-state index is 0.204. The molecule has 0 spiro atoms. The van der Waals surface area contributed by atoms with Crippen LogP contribution in [0.3, 0.4) is 0 Å². The van der Waals surface area contributed by atoms with Crippen LogP contribution in [0.25, 0.3) is 11.6 Å². The highest BCUT2D eigenvalue weighted by molar-refractivity contribution is 7.48.